The highest BCUT2D eigenvalue weighted by atomic mass is 32.2. The van der Waals surface area contributed by atoms with E-state index in [9.17, 15) is 8.42 Å². The molecule has 3 heterocycles. The van der Waals surface area contributed by atoms with Gasteiger partial charge >= 0.3 is 0 Å². The summed E-state index contributed by atoms with van der Waals surface area (Å²) in [5.74, 6) is 0.652. The molecule has 0 aliphatic carbocycles. The van der Waals surface area contributed by atoms with Crippen LogP contribution in [0.25, 0.3) is 28.1 Å². The van der Waals surface area contributed by atoms with Gasteiger partial charge in [-0.2, -0.15) is 8.75 Å². The second kappa shape index (κ2) is 6.76. The summed E-state index contributed by atoms with van der Waals surface area (Å²) in [4.78, 5) is -0.102. The Labute approximate surface area is 173 Å². The number of hydrogen-bond donors (Lipinski definition) is 2. The molecule has 0 atom stereocenters. The predicted octanol–water partition coefficient (Wildman–Crippen LogP) is 3.10. The first kappa shape index (κ1) is 18.5. The smallest absolute Gasteiger partial charge is 0.240 e. The molecule has 0 saturated carbocycles. The molecule has 0 fully saturated rings. The lowest BCUT2D eigenvalue weighted by atomic mass is 10.2. The highest BCUT2D eigenvalue weighted by Gasteiger charge is 2.19. The highest BCUT2D eigenvalue weighted by Crippen LogP contribution is 2.33. The maximum absolute atomic E-state index is 11.7. The number of primary sulfonamides is 1. The Morgan fingerprint density at radius 3 is 2.57 bits per heavy atom. The van der Waals surface area contributed by atoms with Gasteiger partial charge in [0.1, 0.15) is 21.6 Å². The van der Waals surface area contributed by atoms with Crippen LogP contribution >= 0.6 is 11.7 Å². The zero-order valence-electron chi connectivity index (χ0n) is 15.4. The van der Waals surface area contributed by atoms with Crippen molar-refractivity contribution in [3.8, 4) is 11.4 Å². The summed E-state index contributed by atoms with van der Waals surface area (Å²) >= 11 is 0.873. The van der Waals surface area contributed by atoms with Crippen molar-refractivity contribution in [1.82, 2.24) is 28.6 Å². The summed E-state index contributed by atoms with van der Waals surface area (Å²) in [6, 6.07) is 12.5. The van der Waals surface area contributed by atoms with Crippen molar-refractivity contribution >= 4 is 49.8 Å². The van der Waals surface area contributed by atoms with Crippen LogP contribution in [0.1, 0.15) is 5.69 Å². The summed E-state index contributed by atoms with van der Waals surface area (Å²) in [7, 11) is -3.93. The molecule has 30 heavy (non-hydrogen) atoms. The first-order valence-corrected chi connectivity index (χ1v) is 10.9. The minimum Gasteiger partial charge on any atom is -0.293 e. The number of aromatic amines is 1. The van der Waals surface area contributed by atoms with Gasteiger partial charge in [0, 0.05) is 5.56 Å². The lowest BCUT2D eigenvalue weighted by molar-refractivity contribution is 0.598. The molecular formula is C17H13N9O2S2. The van der Waals surface area contributed by atoms with Crippen LogP contribution in [0.15, 0.2) is 57.6 Å². The predicted molar refractivity (Wildman–Crippen MR) is 110 cm³/mol. The monoisotopic (exact) mass is 439 g/mol. The van der Waals surface area contributed by atoms with E-state index in [-0.39, 0.29) is 10.4 Å². The molecule has 0 amide bonds. The summed E-state index contributed by atoms with van der Waals surface area (Å²) < 4.78 is 33.4. The molecule has 0 bridgehead atoms. The van der Waals surface area contributed by atoms with Gasteiger partial charge in [-0.05, 0) is 19.1 Å². The van der Waals surface area contributed by atoms with E-state index in [1.807, 2.05) is 37.3 Å². The van der Waals surface area contributed by atoms with Gasteiger partial charge in [0.2, 0.25) is 15.7 Å². The zero-order valence-corrected chi connectivity index (χ0v) is 17.0. The molecule has 0 radical (unpaired) electrons. The first-order valence-electron chi connectivity index (χ1n) is 8.62. The number of nitrogens with one attached hydrogen (secondary N) is 1. The minimum atomic E-state index is -3.93. The van der Waals surface area contributed by atoms with Gasteiger partial charge in [0.25, 0.3) is 0 Å². The van der Waals surface area contributed by atoms with Gasteiger partial charge in [0.05, 0.1) is 17.4 Å². The quantitative estimate of drug-likeness (QED) is 0.410. The largest absolute Gasteiger partial charge is 0.293 e. The molecule has 5 aromatic rings. The van der Waals surface area contributed by atoms with Crippen LogP contribution in [0, 0.1) is 6.92 Å². The first-order chi connectivity index (χ1) is 14.4. The summed E-state index contributed by atoms with van der Waals surface area (Å²) in [6.07, 6.45) is 0. The number of fused-ring (bicyclic) bond motifs is 2. The second-order valence-electron chi connectivity index (χ2n) is 6.42. The van der Waals surface area contributed by atoms with E-state index in [0.717, 1.165) is 23.0 Å². The van der Waals surface area contributed by atoms with Gasteiger partial charge in [-0.3, -0.25) is 5.10 Å². The molecule has 5 rings (SSSR count). The molecule has 2 aromatic carbocycles. The fourth-order valence-corrected chi connectivity index (χ4v) is 4.37. The maximum atomic E-state index is 11.7. The van der Waals surface area contributed by atoms with Crippen molar-refractivity contribution in [2.45, 2.75) is 11.8 Å². The Balaban J connectivity index is 1.60. The second-order valence-corrected chi connectivity index (χ2v) is 8.48. The number of aromatic nitrogens is 6. The normalized spacial score (nSPS) is 12.5. The molecule has 0 spiro atoms. The molecular weight excluding hydrogens is 426 g/mol. The van der Waals surface area contributed by atoms with Crippen molar-refractivity contribution < 1.29 is 8.42 Å². The van der Waals surface area contributed by atoms with E-state index >= 15 is 0 Å². The molecule has 0 saturated heterocycles. The van der Waals surface area contributed by atoms with E-state index in [2.05, 4.69) is 34.3 Å². The Hall–Kier alpha value is -3.55. The number of nitrogens with zero attached hydrogens (tertiary/aromatic N) is 7. The fourth-order valence-electron chi connectivity index (χ4n) is 3.07. The van der Waals surface area contributed by atoms with Crippen LogP contribution in [-0.4, -0.2) is 37.0 Å². The molecule has 13 heteroatoms. The minimum absolute atomic E-state index is 0.102. The van der Waals surface area contributed by atoms with E-state index < -0.39 is 10.0 Å². The van der Waals surface area contributed by atoms with Crippen molar-refractivity contribution in [2.75, 3.05) is 0 Å². The van der Waals surface area contributed by atoms with Crippen LogP contribution in [0.3, 0.4) is 0 Å². The molecule has 150 valence electrons. The Morgan fingerprint density at radius 2 is 1.80 bits per heavy atom. The fraction of sp³-hybridized carbons (Fsp3) is 0.0588. The Morgan fingerprint density at radius 1 is 1.03 bits per heavy atom. The van der Waals surface area contributed by atoms with Crippen LogP contribution in [-0.2, 0) is 10.0 Å². The number of rotatable bonds is 4. The Kier molecular flexibility index (Phi) is 4.16. The van der Waals surface area contributed by atoms with E-state index in [0.29, 0.717) is 28.4 Å². The third-order valence-electron chi connectivity index (χ3n) is 4.46. The van der Waals surface area contributed by atoms with E-state index in [1.165, 1.54) is 12.1 Å². The van der Waals surface area contributed by atoms with Gasteiger partial charge in [-0.1, -0.05) is 30.3 Å². The van der Waals surface area contributed by atoms with Crippen LogP contribution in [0.5, 0.6) is 0 Å². The summed E-state index contributed by atoms with van der Waals surface area (Å²) in [6.45, 7) is 1.85. The average Bonchev–Trinajstić information content (AvgIpc) is 3.42. The van der Waals surface area contributed by atoms with E-state index in [4.69, 9.17) is 5.14 Å². The number of benzene rings is 2. The Bertz CT molecular complexity index is 1530. The number of H-pyrrole nitrogens is 1. The van der Waals surface area contributed by atoms with Crippen LogP contribution in [0.2, 0.25) is 0 Å². The summed E-state index contributed by atoms with van der Waals surface area (Å²) in [5.41, 5.74) is 3.53. The number of aryl methyl sites for hydroxylation is 1. The average molecular weight is 439 g/mol. The molecule has 3 aromatic heterocycles. The van der Waals surface area contributed by atoms with Crippen molar-refractivity contribution in [3.63, 3.8) is 0 Å². The van der Waals surface area contributed by atoms with Gasteiger partial charge in [-0.15, -0.1) is 20.4 Å². The number of sulfonamides is 1. The van der Waals surface area contributed by atoms with Gasteiger partial charge < -0.3 is 0 Å². The lowest BCUT2D eigenvalue weighted by Crippen LogP contribution is -2.12. The SMILES string of the molecule is Cc1[nH]n2c(-c3ccccc3)nnc2c1N=Nc1ccc(S(N)(=O)=O)c2nsnc12. The van der Waals surface area contributed by atoms with Crippen LogP contribution in [0.4, 0.5) is 11.4 Å². The lowest BCUT2D eigenvalue weighted by Gasteiger charge is -2.00. The molecule has 0 aliphatic heterocycles. The topological polar surface area (TPSA) is 157 Å². The number of nitrogens with two attached hydrogens (primary N) is 1. The van der Waals surface area contributed by atoms with Crippen molar-refractivity contribution in [2.24, 2.45) is 15.4 Å². The standard InChI is InChI=1S/C17H13N9O2S2/c1-9-13(17-22-21-16(26(17)23-9)10-5-3-2-4-6-10)20-19-11-7-8-12(30(18,27)28)15-14(11)24-29-25-15/h2-8,23H,1H3,(H2,18,27,28). The van der Waals surface area contributed by atoms with Gasteiger partial charge in [0.15, 0.2) is 11.5 Å². The van der Waals surface area contributed by atoms with Crippen LogP contribution < -0.4 is 5.14 Å². The third-order valence-corrected chi connectivity index (χ3v) is 5.93. The van der Waals surface area contributed by atoms with E-state index in [1.54, 1.807) is 4.52 Å². The zero-order chi connectivity index (χ0) is 20.9. The number of azo groups is 1. The molecule has 0 aliphatic rings. The third kappa shape index (κ3) is 2.96. The molecule has 0 unspecified atom stereocenters. The van der Waals surface area contributed by atoms with Gasteiger partial charge in [-0.25, -0.2) is 18.1 Å². The number of hydrogen-bond acceptors (Lipinski definition) is 9. The molecule has 11 nitrogen and oxygen atoms in total. The molecule has 3 N–H and O–H groups in total. The van der Waals surface area contributed by atoms with Crippen molar-refractivity contribution in [3.05, 3.63) is 48.2 Å². The summed E-state index contributed by atoms with van der Waals surface area (Å²) in [5, 5.41) is 25.5. The highest BCUT2D eigenvalue weighted by molar-refractivity contribution is 7.89. The maximum Gasteiger partial charge on any atom is 0.240 e. The van der Waals surface area contributed by atoms with Crippen molar-refractivity contribution in [1.29, 1.82) is 0 Å².